The number of hydrogen-bond acceptors (Lipinski definition) is 35. The van der Waals surface area contributed by atoms with Crippen LogP contribution in [-0.2, 0) is 95.5 Å². The minimum atomic E-state index is -3.28. The number of allylic oxidation sites excluding steroid dienone is 1. The second-order valence-electron chi connectivity index (χ2n) is 30.8. The number of phenolic OH excluding ortho intramolecular Hbond substituents is 4. The van der Waals surface area contributed by atoms with Crippen LogP contribution < -0.4 is 5.73 Å². The standard InChI is InChI=1S/C43H48O17.C39H46N2O16/c1-17-7-21-10-29(47)43(58-6)39(52)31-24(38(51)42(43,55)33(21)36(50)30(17)40(53)57-5)13-26-32(35(31)49)27(46)11-22(12-28-37(56-4)34(48)25(15-44)19(3)60-28)41(26,54)14-20-9-23(59-16-20)8-18(2)45;1-7-56-24(44)8-9-37(51)20-12-18-26(30(46)27(20)21(40)13-22(37)41-35-19(14-42)29(45)32(53-4)16(3)57-35)34(49)39(55-6)23(43)11-17-10-15(2)25(36(50)54-5)31(47)28(17)38(39,52)33(18)48/h7,9,11,13,16,18-19,25,28-29,34,37,44-45,47-50,54-55H,8,10,12,14-15H2,1-6H3;10,12-13,16,19,23,29,32,35,42-43,45-47,51-52H,7-9,11,14,40H2,1-6H3/t18?,19-,25-,28+,29+,34+,37-,41?,42-,43+;16-,19+,23+,29-,32-,35-,37?,38-,39+/m00/s1. The van der Waals surface area contributed by atoms with Crippen LogP contribution in [0.25, 0.3) is 5.70 Å². The Labute approximate surface area is 667 Å². The third-order valence-electron chi connectivity index (χ3n) is 24.4. The summed E-state index contributed by atoms with van der Waals surface area (Å²) in [4.78, 5) is 117. The number of ketones is 5. The fourth-order valence-corrected chi connectivity index (χ4v) is 18.8. The lowest BCUT2D eigenvalue weighted by molar-refractivity contribution is -0.210. The van der Waals surface area contributed by atoms with Gasteiger partial charge in [-0.25, -0.2) is 9.59 Å². The molecule has 0 radical (unpaired) electrons. The molecule has 0 saturated carbocycles. The highest BCUT2D eigenvalue weighted by molar-refractivity contribution is 6.28. The zero-order valence-electron chi connectivity index (χ0n) is 65.8. The molecule has 0 spiro atoms. The van der Waals surface area contributed by atoms with Crippen molar-refractivity contribution in [3.05, 3.63) is 155 Å². The second-order valence-corrected chi connectivity index (χ2v) is 30.8. The molecule has 19 atom stereocenters. The van der Waals surface area contributed by atoms with Gasteiger partial charge in [-0.3, -0.25) is 33.8 Å². The van der Waals surface area contributed by atoms with E-state index >= 15 is 9.59 Å². The summed E-state index contributed by atoms with van der Waals surface area (Å²) in [5.74, 6) is -14.6. The number of hydrogen-bond donors (Lipinski definition) is 16. The van der Waals surface area contributed by atoms with Gasteiger partial charge < -0.3 is 129 Å². The third-order valence-corrected chi connectivity index (χ3v) is 24.4. The number of carbonyl (C=O) groups is 8. The Morgan fingerprint density at radius 3 is 1.60 bits per heavy atom. The predicted molar refractivity (Wildman–Crippen MR) is 400 cm³/mol. The van der Waals surface area contributed by atoms with Crippen molar-refractivity contribution in [2.45, 2.75) is 187 Å². The number of nitrogens with two attached hydrogens (primary N) is 1. The number of aliphatic hydroxyl groups excluding tert-OH is 7. The first-order valence-electron chi connectivity index (χ1n) is 37.5. The Kier molecular flexibility index (Phi) is 23.4. The molecule has 5 aromatic rings. The maximum absolute atomic E-state index is 15.1. The number of aromatic hydroxyl groups is 4. The van der Waals surface area contributed by atoms with E-state index in [0.29, 0.717) is 11.3 Å². The molecule has 630 valence electrons. The largest absolute Gasteiger partial charge is 0.507 e. The van der Waals surface area contributed by atoms with Crippen LogP contribution in [0.3, 0.4) is 0 Å². The van der Waals surface area contributed by atoms with Gasteiger partial charge >= 0.3 is 17.9 Å². The topological polar surface area (TPSA) is 575 Å². The van der Waals surface area contributed by atoms with Gasteiger partial charge in [-0.1, -0.05) is 12.1 Å². The number of esters is 3. The number of phenols is 4. The van der Waals surface area contributed by atoms with E-state index in [4.69, 9.17) is 52.8 Å². The number of fused-ring (bicyclic) bond motifs is 10. The van der Waals surface area contributed by atoms with Crippen molar-refractivity contribution >= 4 is 58.2 Å². The number of Topliss-reactive ketones (excluding diaryl/α,β-unsaturated/α-hetero) is 4. The maximum Gasteiger partial charge on any atom is 0.341 e. The van der Waals surface area contributed by atoms with Crippen molar-refractivity contribution < 1.29 is 162 Å². The van der Waals surface area contributed by atoms with Crippen molar-refractivity contribution in [1.29, 1.82) is 0 Å². The molecule has 3 unspecified atom stereocenters. The molecule has 13 rings (SSSR count). The molecular formula is C82H94N2O33. The van der Waals surface area contributed by atoms with E-state index in [-0.39, 0.29) is 75.4 Å². The summed E-state index contributed by atoms with van der Waals surface area (Å²) < 4.78 is 54.7. The predicted octanol–water partition coefficient (Wildman–Crippen LogP) is 0.769. The summed E-state index contributed by atoms with van der Waals surface area (Å²) >= 11 is 0. The minimum Gasteiger partial charge on any atom is -0.507 e. The summed E-state index contributed by atoms with van der Waals surface area (Å²) in [7, 11) is 6.61. The highest BCUT2D eigenvalue weighted by Crippen LogP contribution is 2.61. The van der Waals surface area contributed by atoms with Gasteiger partial charge in [0.2, 0.25) is 23.1 Å². The Balaban J connectivity index is 0.000000216. The fraction of sp³-hybridized carbons (Fsp3) is 0.500. The number of aryl methyl sites for hydroxylation is 2. The van der Waals surface area contributed by atoms with Crippen molar-refractivity contribution in [1.82, 2.24) is 0 Å². The average molecular weight is 1640 g/mol. The molecule has 35 nitrogen and oxygen atoms in total. The monoisotopic (exact) mass is 1630 g/mol. The summed E-state index contributed by atoms with van der Waals surface area (Å²) in [5, 5.41) is 174. The lowest BCUT2D eigenvalue weighted by Gasteiger charge is -2.53. The Morgan fingerprint density at radius 2 is 1.13 bits per heavy atom. The van der Waals surface area contributed by atoms with E-state index in [2.05, 4.69) is 4.99 Å². The number of rotatable bonds is 19. The number of ether oxygens (including phenoxy) is 9. The summed E-state index contributed by atoms with van der Waals surface area (Å²) in [6, 6.07) is 6.18. The van der Waals surface area contributed by atoms with E-state index in [9.17, 15) is 105 Å². The first-order valence-corrected chi connectivity index (χ1v) is 37.5. The van der Waals surface area contributed by atoms with E-state index in [1.807, 2.05) is 0 Å². The van der Waals surface area contributed by atoms with E-state index in [0.717, 1.165) is 52.7 Å². The van der Waals surface area contributed by atoms with Gasteiger partial charge in [0, 0.05) is 118 Å². The Hall–Kier alpha value is -9.61. The first kappa shape index (κ1) is 86.7. The quantitative estimate of drug-likeness (QED) is 0.0401. The average Bonchev–Trinajstić information content (AvgIpc) is 0.691. The minimum absolute atomic E-state index is 0.00564. The molecule has 2 fully saturated rings. The van der Waals surface area contributed by atoms with Crippen molar-refractivity contribution in [2.75, 3.05) is 62.5 Å². The molecule has 17 N–H and O–H groups in total. The third kappa shape index (κ3) is 12.8. The molecular weight excluding hydrogens is 1540 g/mol. The first-order chi connectivity index (χ1) is 55.1. The maximum atomic E-state index is 15.1. The molecule has 4 aromatic carbocycles. The smallest absolute Gasteiger partial charge is 0.341 e. The zero-order valence-corrected chi connectivity index (χ0v) is 65.8. The van der Waals surface area contributed by atoms with Crippen LogP contribution in [0.1, 0.15) is 181 Å². The zero-order chi connectivity index (χ0) is 86.1. The summed E-state index contributed by atoms with van der Waals surface area (Å²) in [5.41, 5.74) is -17.6. The van der Waals surface area contributed by atoms with Crippen molar-refractivity contribution in [3.8, 4) is 23.0 Å². The fourth-order valence-electron chi connectivity index (χ4n) is 18.8. The number of carbonyl (C=O) groups excluding carboxylic acids is 8. The highest BCUT2D eigenvalue weighted by atomic mass is 16.6. The number of aliphatic hydroxyl groups is 11. The van der Waals surface area contributed by atoms with Gasteiger partial charge in [0.15, 0.2) is 34.4 Å². The van der Waals surface area contributed by atoms with Crippen LogP contribution in [0, 0.1) is 25.7 Å². The van der Waals surface area contributed by atoms with Crippen LogP contribution in [0.2, 0.25) is 0 Å². The van der Waals surface area contributed by atoms with Crippen LogP contribution in [-0.4, -0.2) is 270 Å². The molecule has 2 aliphatic heterocycles. The van der Waals surface area contributed by atoms with Gasteiger partial charge in [0.1, 0.15) is 63.3 Å². The molecule has 8 aliphatic rings. The number of nitrogens with zero attached hydrogens (tertiary/aromatic N) is 1. The lowest BCUT2D eigenvalue weighted by atomic mass is 9.56. The van der Waals surface area contributed by atoms with Gasteiger partial charge in [-0.05, 0) is 112 Å². The normalized spacial score (nSPS) is 32.0. The number of aliphatic imine (C=N–C) groups is 1. The molecule has 3 heterocycles. The SMILES string of the molecule is CCOC(=O)CCC1(O)C(=N[C@H]2O[C@@H](C)[C@H](OC)[C@@H](O)[C@H]2CO)C=C(N)c2c1cc1c(c2O)C(=O)[C@]2(OC)[C@H](O)Cc3cc(C)c(C(=O)OC)c(O)c3[C@]2(O)C1=O.COC(=O)c1c(C)cc2c(c1O)[C@]1(O)C(=O)c3cc4c(c(O)c3C(=O)[C@]1(OC)[C@H](O)C2)C(=O)C=C(C[C@H]1O[C@@H](C)[C@H](CO)[C@@H](O)[C@H]1OC)C4(O)Cc1coc(CC(C)O)c1. The molecule has 6 aliphatic carbocycles. The number of methoxy groups -OCH3 is 6. The molecule has 0 amide bonds. The highest BCUT2D eigenvalue weighted by Gasteiger charge is 2.75. The van der Waals surface area contributed by atoms with Crippen LogP contribution in [0.4, 0.5) is 0 Å². The molecule has 0 bridgehead atoms. The Bertz CT molecular complexity index is 5060. The lowest BCUT2D eigenvalue weighted by Crippen LogP contribution is -2.73. The van der Waals surface area contributed by atoms with Gasteiger partial charge in [-0.15, -0.1) is 0 Å². The second kappa shape index (κ2) is 31.6. The number of furan rings is 1. The summed E-state index contributed by atoms with van der Waals surface area (Å²) in [6.07, 6.45) is -12.1. The molecule has 1 aromatic heterocycles. The Morgan fingerprint density at radius 1 is 0.632 bits per heavy atom. The number of benzene rings is 4. The van der Waals surface area contributed by atoms with Gasteiger partial charge in [-0.2, -0.15) is 0 Å². The van der Waals surface area contributed by atoms with E-state index < -0.39 is 278 Å². The molecule has 35 heteroatoms. The van der Waals surface area contributed by atoms with E-state index in [1.165, 1.54) is 46.5 Å². The van der Waals surface area contributed by atoms with Crippen LogP contribution >= 0.6 is 0 Å². The molecule has 2 saturated heterocycles. The van der Waals surface area contributed by atoms with Crippen molar-refractivity contribution in [3.63, 3.8) is 0 Å². The van der Waals surface area contributed by atoms with Crippen LogP contribution in [0.15, 0.2) is 63.7 Å². The molecule has 117 heavy (non-hydrogen) atoms. The summed E-state index contributed by atoms with van der Waals surface area (Å²) in [6.45, 7) is 8.15. The van der Waals surface area contributed by atoms with E-state index in [1.54, 1.807) is 33.8 Å². The van der Waals surface area contributed by atoms with Gasteiger partial charge in [0.25, 0.3) is 0 Å². The van der Waals surface area contributed by atoms with Crippen LogP contribution in [0.5, 0.6) is 23.0 Å². The van der Waals surface area contributed by atoms with Crippen molar-refractivity contribution in [2.24, 2.45) is 22.6 Å². The van der Waals surface area contributed by atoms with Gasteiger partial charge in [0.05, 0.1) is 117 Å².